The van der Waals surface area contributed by atoms with Gasteiger partial charge in [-0.1, -0.05) is 116 Å². The van der Waals surface area contributed by atoms with Gasteiger partial charge < -0.3 is 9.05 Å². The van der Waals surface area contributed by atoms with E-state index in [1.54, 1.807) is 6.07 Å². The van der Waals surface area contributed by atoms with Crippen molar-refractivity contribution in [2.24, 2.45) is 0 Å². The Hall–Kier alpha value is -3.91. The summed E-state index contributed by atoms with van der Waals surface area (Å²) in [5, 5.41) is 3.95. The fraction of sp³-hybridized carbons (Fsp3) is 0.179. The summed E-state index contributed by atoms with van der Waals surface area (Å²) in [6.45, 7) is 8.39. The molecule has 0 fully saturated rings. The van der Waals surface area contributed by atoms with Crippen LogP contribution in [0.4, 0.5) is 13.2 Å². The van der Waals surface area contributed by atoms with Crippen LogP contribution in [0.5, 0.6) is 11.5 Å². The Bertz CT molecular complexity index is 2020. The lowest BCUT2D eigenvalue weighted by Gasteiger charge is -2.27. The van der Waals surface area contributed by atoms with E-state index < -0.39 is 11.7 Å². The molecule has 0 bridgehead atoms. The van der Waals surface area contributed by atoms with E-state index in [2.05, 4.69) is 75.4 Å². The number of aryl methyl sites for hydroxylation is 1. The van der Waals surface area contributed by atoms with Crippen LogP contribution in [0.25, 0.3) is 32.7 Å². The van der Waals surface area contributed by atoms with Gasteiger partial charge in [-0.05, 0) is 71.6 Å². The third kappa shape index (κ3) is 6.77. The summed E-state index contributed by atoms with van der Waals surface area (Å²) in [6, 6.07) is 38.6. The highest BCUT2D eigenvalue weighted by Crippen LogP contribution is 2.51. The van der Waals surface area contributed by atoms with Gasteiger partial charge in [0.05, 0.1) is 23.2 Å². The summed E-state index contributed by atoms with van der Waals surface area (Å²) in [5.74, 6) is 1.42. The van der Waals surface area contributed by atoms with Gasteiger partial charge in [-0.3, -0.25) is 0 Å². The molecule has 2 unspecified atom stereocenters. The molecule has 0 amide bonds. The molecule has 0 saturated heterocycles. The van der Waals surface area contributed by atoms with Crippen molar-refractivity contribution in [3.63, 3.8) is 0 Å². The minimum Gasteiger partial charge on any atom is -0.476 e. The second-order valence-corrected chi connectivity index (χ2v) is 15.0. The molecule has 0 heterocycles. The number of fused-ring (bicyclic) bond motifs is 2. The van der Waals surface area contributed by atoms with Crippen LogP contribution < -0.4 is 9.05 Å². The van der Waals surface area contributed by atoms with E-state index in [-0.39, 0.29) is 28.4 Å². The number of hydrogen-bond donors (Lipinski definition) is 0. The predicted molar refractivity (Wildman–Crippen MR) is 189 cm³/mol. The van der Waals surface area contributed by atoms with Crippen molar-refractivity contribution in [1.29, 1.82) is 0 Å². The highest BCUT2D eigenvalue weighted by atomic mass is 31.1. The van der Waals surface area contributed by atoms with Crippen molar-refractivity contribution >= 4 is 39.2 Å². The van der Waals surface area contributed by atoms with E-state index in [1.165, 1.54) is 23.3 Å². The Balaban J connectivity index is 1.43. The van der Waals surface area contributed by atoms with Gasteiger partial charge in [-0.25, -0.2) is 0 Å². The largest absolute Gasteiger partial charge is 0.476 e. The van der Waals surface area contributed by atoms with Crippen LogP contribution in [0.1, 0.15) is 48.7 Å². The van der Waals surface area contributed by atoms with E-state index >= 15 is 0 Å². The normalized spacial score (nSPS) is 13.3. The van der Waals surface area contributed by atoms with Gasteiger partial charge in [0, 0.05) is 21.9 Å². The Morgan fingerprint density at radius 3 is 1.78 bits per heavy atom. The zero-order valence-electron chi connectivity index (χ0n) is 26.1. The summed E-state index contributed by atoms with van der Waals surface area (Å²) in [5.41, 5.74) is 3.96. The number of hydrogen-bond acceptors (Lipinski definition) is 2. The van der Waals surface area contributed by atoms with E-state index in [1.807, 2.05) is 49.4 Å². The van der Waals surface area contributed by atoms with Crippen LogP contribution >= 0.6 is 17.6 Å². The second kappa shape index (κ2) is 13.1. The molecule has 7 heteroatoms. The van der Waals surface area contributed by atoms with E-state index in [9.17, 15) is 13.2 Å². The zero-order chi connectivity index (χ0) is 32.5. The Morgan fingerprint density at radius 2 is 1.17 bits per heavy atom. The first-order chi connectivity index (χ1) is 22.0. The number of alkyl halides is 3. The molecule has 6 rings (SSSR count). The molecule has 0 N–H and O–H groups in total. The molecule has 46 heavy (non-hydrogen) atoms. The summed E-state index contributed by atoms with van der Waals surface area (Å²) in [4.78, 5) is 0. The maximum Gasteiger partial charge on any atom is 0.416 e. The predicted octanol–water partition coefficient (Wildman–Crippen LogP) is 12.6. The van der Waals surface area contributed by atoms with Crippen LogP contribution in [0.15, 0.2) is 121 Å². The number of halogens is 3. The molecule has 0 aliphatic rings. The van der Waals surface area contributed by atoms with Gasteiger partial charge in [0.2, 0.25) is 0 Å². The fourth-order valence-corrected chi connectivity index (χ4v) is 7.27. The van der Waals surface area contributed by atoms with Gasteiger partial charge >= 0.3 is 6.18 Å². The van der Waals surface area contributed by atoms with Gasteiger partial charge in [-0.2, -0.15) is 13.2 Å². The van der Waals surface area contributed by atoms with Crippen LogP contribution in [0, 0.1) is 6.92 Å². The zero-order valence-corrected chi connectivity index (χ0v) is 28.1. The molecule has 2 nitrogen and oxygen atoms in total. The van der Waals surface area contributed by atoms with Crippen LogP contribution in [0.2, 0.25) is 0 Å². The Morgan fingerprint density at radius 1 is 0.609 bits per heavy atom. The van der Waals surface area contributed by atoms with Gasteiger partial charge in [0.1, 0.15) is 11.5 Å². The Kier molecular flexibility index (Phi) is 9.10. The summed E-state index contributed by atoms with van der Waals surface area (Å²) >= 11 is 0. The third-order valence-electron chi connectivity index (χ3n) is 8.25. The molecule has 6 aromatic carbocycles. The van der Waals surface area contributed by atoms with Crippen molar-refractivity contribution in [1.82, 2.24) is 0 Å². The highest BCUT2D eigenvalue weighted by molar-refractivity contribution is 7.34. The molecule has 0 saturated carbocycles. The quantitative estimate of drug-likeness (QED) is 0.145. The van der Waals surface area contributed by atoms with Crippen LogP contribution in [-0.4, -0.2) is 0 Å². The second-order valence-electron chi connectivity index (χ2n) is 12.1. The number of benzene rings is 6. The molecule has 0 radical (unpaired) electrons. The minimum absolute atomic E-state index is 0.108. The topological polar surface area (TPSA) is 18.5 Å². The van der Waals surface area contributed by atoms with Crippen molar-refractivity contribution < 1.29 is 22.2 Å². The first-order valence-electron chi connectivity index (χ1n) is 15.2. The number of rotatable bonds is 9. The lowest BCUT2D eigenvalue weighted by molar-refractivity contribution is -0.137. The van der Waals surface area contributed by atoms with Crippen LogP contribution in [0.3, 0.4) is 0 Å². The average Bonchev–Trinajstić information content (AvgIpc) is 3.05. The first-order valence-corrected chi connectivity index (χ1v) is 17.1. The summed E-state index contributed by atoms with van der Waals surface area (Å²) in [7, 11) is 0.0293. The lowest BCUT2D eigenvalue weighted by atomic mass is 9.92. The molecular weight excluding hydrogens is 619 g/mol. The van der Waals surface area contributed by atoms with Gasteiger partial charge in [0.25, 0.3) is 0 Å². The van der Waals surface area contributed by atoms with Crippen molar-refractivity contribution in [2.75, 3.05) is 0 Å². The maximum atomic E-state index is 13.4. The van der Waals surface area contributed by atoms with Crippen molar-refractivity contribution in [2.45, 2.75) is 44.7 Å². The average molecular weight is 655 g/mol. The van der Waals surface area contributed by atoms with Crippen LogP contribution in [-0.2, 0) is 11.3 Å². The molecule has 3 atom stereocenters. The molecule has 234 valence electrons. The van der Waals surface area contributed by atoms with Crippen molar-refractivity contribution in [3.05, 3.63) is 144 Å². The molecule has 0 aliphatic carbocycles. The smallest absolute Gasteiger partial charge is 0.416 e. The summed E-state index contributed by atoms with van der Waals surface area (Å²) in [6.07, 6.45) is -4.40. The van der Waals surface area contributed by atoms with E-state index in [0.29, 0.717) is 11.3 Å². The minimum atomic E-state index is -4.40. The maximum absolute atomic E-state index is 13.4. The van der Waals surface area contributed by atoms with Gasteiger partial charge in [-0.15, -0.1) is 0 Å². The third-order valence-corrected chi connectivity index (χ3v) is 10.4. The monoisotopic (exact) mass is 654 g/mol. The first kappa shape index (κ1) is 32.0. The fourth-order valence-electron chi connectivity index (χ4n) is 5.67. The molecular formula is C39H35F3O2P2. The summed E-state index contributed by atoms with van der Waals surface area (Å²) < 4.78 is 53.7. The highest BCUT2D eigenvalue weighted by Gasteiger charge is 2.31. The van der Waals surface area contributed by atoms with Gasteiger partial charge in [0.15, 0.2) is 0 Å². The lowest BCUT2D eigenvalue weighted by Crippen LogP contribution is -2.12. The Labute approximate surface area is 271 Å². The molecule has 6 aromatic rings. The molecule has 0 aliphatic heterocycles. The van der Waals surface area contributed by atoms with Crippen molar-refractivity contribution in [3.8, 4) is 22.6 Å². The molecule has 0 spiro atoms. The standard InChI is InChI=1S/C39H35F3O2P2/c1-25-11-9-15-30(23-25)38(3,4)46-44-35-22-20-28-13-6-8-18-33(28)37(35)36-32-17-7-5-12-27(32)19-21-34(36)43-45-26(2)29-14-10-16-31(24-29)39(40,41)42/h5-24,26,45-46H,1-4H3/t26-/m1/s1. The molecule has 0 aromatic heterocycles. The van der Waals surface area contributed by atoms with E-state index in [0.717, 1.165) is 44.5 Å². The SMILES string of the molecule is Cc1cccc(C(C)(C)POc2ccc3ccccc3c2-c2c(OP[C@H](C)c3cccc(C(F)(F)F)c3)ccc3ccccc23)c1. The van der Waals surface area contributed by atoms with E-state index in [4.69, 9.17) is 9.05 Å².